The lowest BCUT2D eigenvalue weighted by Crippen LogP contribution is -2.38. The first kappa shape index (κ1) is 28.7. The molecule has 0 unspecified atom stereocenters. The molecule has 12 heteroatoms. The zero-order valence-electron chi connectivity index (χ0n) is 21.2. The molecule has 0 saturated heterocycles. The van der Waals surface area contributed by atoms with Crippen molar-refractivity contribution in [1.82, 2.24) is 0 Å². The molecule has 40 heavy (non-hydrogen) atoms. The van der Waals surface area contributed by atoms with Crippen molar-refractivity contribution in [2.45, 2.75) is 38.2 Å². The SMILES string of the molecule is CC(C)(COC(=O)[C@H]1CC(c2c(F)cccc2F)=N[C@H]1c1ccc(-c2ccc(OC(F)(F)F)cc2)cc1)[N+](=O)[O-]. The van der Waals surface area contributed by atoms with Gasteiger partial charge in [0.25, 0.3) is 0 Å². The van der Waals surface area contributed by atoms with Crippen LogP contribution in [0.3, 0.4) is 0 Å². The van der Waals surface area contributed by atoms with Crippen molar-refractivity contribution in [2.75, 3.05) is 6.61 Å². The van der Waals surface area contributed by atoms with Crippen LogP contribution in [0.1, 0.15) is 37.4 Å². The van der Waals surface area contributed by atoms with Gasteiger partial charge >= 0.3 is 12.3 Å². The second-order valence-electron chi connectivity index (χ2n) is 9.80. The first-order valence-corrected chi connectivity index (χ1v) is 12.0. The van der Waals surface area contributed by atoms with Gasteiger partial charge in [-0.2, -0.15) is 0 Å². The van der Waals surface area contributed by atoms with Gasteiger partial charge in [0.15, 0.2) is 6.61 Å². The number of alkyl halides is 3. The number of aliphatic imine (C=N–C) groups is 1. The topological polar surface area (TPSA) is 91.0 Å². The van der Waals surface area contributed by atoms with Crippen LogP contribution in [0.4, 0.5) is 22.0 Å². The molecule has 3 aromatic carbocycles. The van der Waals surface area contributed by atoms with Gasteiger partial charge in [0.05, 0.1) is 17.5 Å². The maximum absolute atomic E-state index is 14.5. The third kappa shape index (κ3) is 6.44. The van der Waals surface area contributed by atoms with Crippen LogP contribution in [0.2, 0.25) is 0 Å². The smallest absolute Gasteiger partial charge is 0.458 e. The average molecular weight is 562 g/mol. The summed E-state index contributed by atoms with van der Waals surface area (Å²) in [5, 5.41) is 11.2. The summed E-state index contributed by atoms with van der Waals surface area (Å²) in [5.74, 6) is -3.90. The predicted molar refractivity (Wildman–Crippen MR) is 134 cm³/mol. The zero-order chi connectivity index (χ0) is 29.2. The molecule has 3 aromatic rings. The van der Waals surface area contributed by atoms with Crippen molar-refractivity contribution in [1.29, 1.82) is 0 Å². The van der Waals surface area contributed by atoms with Crippen LogP contribution in [-0.4, -0.2) is 35.1 Å². The molecule has 0 bridgehead atoms. The molecule has 0 amide bonds. The Kier molecular flexibility index (Phi) is 7.90. The van der Waals surface area contributed by atoms with Crippen molar-refractivity contribution >= 4 is 11.7 Å². The number of nitro groups is 1. The Morgan fingerprint density at radius 1 is 0.975 bits per heavy atom. The molecule has 0 aliphatic carbocycles. The number of nitrogens with zero attached hydrogens (tertiary/aromatic N) is 2. The first-order chi connectivity index (χ1) is 18.7. The summed E-state index contributed by atoms with van der Waals surface area (Å²) in [7, 11) is 0. The van der Waals surface area contributed by atoms with Gasteiger partial charge in [-0.25, -0.2) is 8.78 Å². The fourth-order valence-electron chi connectivity index (χ4n) is 4.22. The number of carbonyl (C=O) groups is 1. The van der Waals surface area contributed by atoms with Crippen LogP contribution in [0.5, 0.6) is 5.75 Å². The largest absolute Gasteiger partial charge is 0.573 e. The molecule has 7 nitrogen and oxygen atoms in total. The van der Waals surface area contributed by atoms with E-state index in [2.05, 4.69) is 9.73 Å². The summed E-state index contributed by atoms with van der Waals surface area (Å²) in [4.78, 5) is 28.2. The molecule has 0 spiro atoms. The zero-order valence-corrected chi connectivity index (χ0v) is 21.2. The van der Waals surface area contributed by atoms with E-state index in [1.54, 1.807) is 24.3 Å². The van der Waals surface area contributed by atoms with Gasteiger partial charge in [-0.3, -0.25) is 19.9 Å². The molecule has 0 saturated carbocycles. The highest BCUT2D eigenvalue weighted by atomic mass is 19.4. The van der Waals surface area contributed by atoms with E-state index in [0.29, 0.717) is 16.7 Å². The average Bonchev–Trinajstić information content (AvgIpc) is 3.32. The third-order valence-electron chi connectivity index (χ3n) is 6.38. The monoisotopic (exact) mass is 562 g/mol. The lowest BCUT2D eigenvalue weighted by atomic mass is 9.90. The Morgan fingerprint density at radius 2 is 1.52 bits per heavy atom. The summed E-state index contributed by atoms with van der Waals surface area (Å²) in [5.41, 5.74) is -0.179. The van der Waals surface area contributed by atoms with Crippen LogP contribution in [0.25, 0.3) is 11.1 Å². The van der Waals surface area contributed by atoms with Gasteiger partial charge < -0.3 is 9.47 Å². The second-order valence-corrected chi connectivity index (χ2v) is 9.80. The van der Waals surface area contributed by atoms with Gasteiger partial charge in [0.2, 0.25) is 5.54 Å². The summed E-state index contributed by atoms with van der Waals surface area (Å²) >= 11 is 0. The molecule has 0 radical (unpaired) electrons. The predicted octanol–water partition coefficient (Wildman–Crippen LogP) is 6.68. The van der Waals surface area contributed by atoms with Crippen molar-refractivity contribution in [3.63, 3.8) is 0 Å². The third-order valence-corrected chi connectivity index (χ3v) is 6.38. The number of ether oxygens (including phenoxy) is 2. The highest BCUT2D eigenvalue weighted by Crippen LogP contribution is 2.39. The first-order valence-electron chi connectivity index (χ1n) is 12.0. The Bertz CT molecular complexity index is 1420. The number of esters is 1. The Balaban J connectivity index is 1.62. The number of hydrogen-bond donors (Lipinski definition) is 0. The van der Waals surface area contributed by atoms with Crippen molar-refractivity contribution in [3.05, 3.63) is 99.6 Å². The minimum Gasteiger partial charge on any atom is -0.458 e. The molecule has 0 fully saturated rings. The highest BCUT2D eigenvalue weighted by Gasteiger charge is 2.41. The van der Waals surface area contributed by atoms with E-state index in [0.717, 1.165) is 12.1 Å². The Hall–Kier alpha value is -4.35. The molecule has 1 aliphatic heterocycles. The van der Waals surface area contributed by atoms with Gasteiger partial charge in [0, 0.05) is 30.9 Å². The number of benzene rings is 3. The number of hydrogen-bond acceptors (Lipinski definition) is 6. The maximum atomic E-state index is 14.5. The molecular weight excluding hydrogens is 539 g/mol. The standard InChI is InChI=1S/C28H23F5N2O5/c1-27(2,35(37)38)15-39-26(36)20-14-23(24-21(29)4-3-5-22(24)30)34-25(20)18-8-6-16(7-9-18)17-10-12-19(13-11-17)40-28(31,32)33/h3-13,20,25H,14-15H2,1-2H3/t20-,25-/m0/s1. The molecule has 1 aliphatic rings. The van der Waals surface area contributed by atoms with E-state index in [9.17, 15) is 36.9 Å². The maximum Gasteiger partial charge on any atom is 0.573 e. The van der Waals surface area contributed by atoms with Crippen LogP contribution in [0.15, 0.2) is 71.7 Å². The highest BCUT2D eigenvalue weighted by molar-refractivity contribution is 6.04. The molecule has 0 N–H and O–H groups in total. The van der Waals surface area contributed by atoms with Crippen LogP contribution in [-0.2, 0) is 9.53 Å². The van der Waals surface area contributed by atoms with Crippen LogP contribution >= 0.6 is 0 Å². The van der Waals surface area contributed by atoms with E-state index in [1.165, 1.54) is 44.2 Å². The lowest BCUT2D eigenvalue weighted by Gasteiger charge is -2.20. The summed E-state index contributed by atoms with van der Waals surface area (Å²) in [6.45, 7) is 2.07. The Labute approximate surface area is 225 Å². The van der Waals surface area contributed by atoms with Gasteiger partial charge in [-0.05, 0) is 41.0 Å². The van der Waals surface area contributed by atoms with E-state index >= 15 is 0 Å². The molecule has 210 valence electrons. The number of halogens is 5. The number of rotatable bonds is 8. The quantitative estimate of drug-likeness (QED) is 0.132. The molecular formula is C28H23F5N2O5. The molecule has 2 atom stereocenters. The molecule has 4 rings (SSSR count). The van der Waals surface area contributed by atoms with E-state index in [4.69, 9.17) is 4.74 Å². The summed E-state index contributed by atoms with van der Waals surface area (Å²) in [6, 6.07) is 14.2. The number of carbonyl (C=O) groups excluding carboxylic acids is 1. The molecule has 1 heterocycles. The van der Waals surface area contributed by atoms with Crippen molar-refractivity contribution in [2.24, 2.45) is 10.9 Å². The van der Waals surface area contributed by atoms with E-state index in [1.807, 2.05) is 0 Å². The molecule has 0 aromatic heterocycles. The lowest BCUT2D eigenvalue weighted by molar-refractivity contribution is -0.563. The summed E-state index contributed by atoms with van der Waals surface area (Å²) in [6.07, 6.45) is -4.98. The van der Waals surface area contributed by atoms with Crippen molar-refractivity contribution in [3.8, 4) is 16.9 Å². The van der Waals surface area contributed by atoms with E-state index < -0.39 is 53.0 Å². The van der Waals surface area contributed by atoms with Crippen LogP contribution in [0, 0.1) is 27.7 Å². The fourth-order valence-corrected chi connectivity index (χ4v) is 4.22. The van der Waals surface area contributed by atoms with E-state index in [-0.39, 0.29) is 23.4 Å². The van der Waals surface area contributed by atoms with Gasteiger partial charge in [-0.15, -0.1) is 13.2 Å². The minimum absolute atomic E-state index is 0.0143. The second kappa shape index (κ2) is 11.0. The van der Waals surface area contributed by atoms with Gasteiger partial charge in [0.1, 0.15) is 17.4 Å². The minimum atomic E-state index is -4.81. The van der Waals surface area contributed by atoms with Crippen LogP contribution < -0.4 is 4.74 Å². The summed E-state index contributed by atoms with van der Waals surface area (Å²) < 4.78 is 75.5. The van der Waals surface area contributed by atoms with Crippen molar-refractivity contribution < 1.29 is 41.1 Å². The normalized spacial score (nSPS) is 17.3. The Morgan fingerprint density at radius 3 is 2.05 bits per heavy atom. The fraction of sp³-hybridized carbons (Fsp3) is 0.286. The van der Waals surface area contributed by atoms with Gasteiger partial charge in [-0.1, -0.05) is 42.5 Å².